The molecule has 1 aliphatic rings. The lowest BCUT2D eigenvalue weighted by Gasteiger charge is -2.32. The van der Waals surface area contributed by atoms with Crippen LogP contribution in [0.4, 0.5) is 0 Å². The van der Waals surface area contributed by atoms with E-state index < -0.39 is 33.9 Å². The van der Waals surface area contributed by atoms with Crippen LogP contribution in [0.5, 0.6) is 0 Å². The fourth-order valence-electron chi connectivity index (χ4n) is 2.92. The molecule has 0 radical (unpaired) electrons. The fourth-order valence-corrected chi connectivity index (χ4v) is 4.56. The summed E-state index contributed by atoms with van der Waals surface area (Å²) in [6.45, 7) is 3.76. The van der Waals surface area contributed by atoms with Crippen molar-refractivity contribution >= 4 is 33.5 Å². The van der Waals surface area contributed by atoms with Gasteiger partial charge in [0.15, 0.2) is 0 Å². The van der Waals surface area contributed by atoms with Gasteiger partial charge in [0.2, 0.25) is 15.9 Å². The summed E-state index contributed by atoms with van der Waals surface area (Å²) in [5.74, 6) is -2.38. The highest BCUT2D eigenvalue weighted by Gasteiger charge is 2.35. The molecule has 1 amide bonds. The molecule has 1 unspecified atom stereocenters. The number of hydrogen-bond donors (Lipinski definition) is 2. The lowest BCUT2D eigenvalue weighted by Crippen LogP contribution is -2.50. The highest BCUT2D eigenvalue weighted by atomic mass is 35.5. The smallest absolute Gasteiger partial charge is 0.326 e. The second kappa shape index (κ2) is 8.37. The van der Waals surface area contributed by atoms with Crippen LogP contribution in [0.3, 0.4) is 0 Å². The standard InChI is InChI=1S/C17H23ClN2O5S/c1-11(2)15(17(22)23)19-16(21)12-4-3-9-20(10-12)26(24,25)14-7-5-13(18)6-8-14/h5-8,11-12,15H,3-4,9-10H2,1-2H3,(H,19,21)(H,22,23)/t12?,15-/m1/s1. The maximum absolute atomic E-state index is 12.8. The summed E-state index contributed by atoms with van der Waals surface area (Å²) < 4.78 is 26.8. The van der Waals surface area contributed by atoms with Gasteiger partial charge in [0.1, 0.15) is 6.04 Å². The Morgan fingerprint density at radius 1 is 1.27 bits per heavy atom. The van der Waals surface area contributed by atoms with Crippen LogP contribution in [-0.2, 0) is 19.6 Å². The molecule has 9 heteroatoms. The first-order chi connectivity index (χ1) is 12.1. The first-order valence-electron chi connectivity index (χ1n) is 8.42. The number of rotatable bonds is 6. The molecule has 1 aromatic carbocycles. The number of carbonyl (C=O) groups excluding carboxylic acids is 1. The number of nitrogens with one attached hydrogen (secondary N) is 1. The van der Waals surface area contributed by atoms with E-state index in [0.717, 1.165) is 0 Å². The SMILES string of the molecule is CC(C)[C@@H](NC(=O)C1CCCN(S(=O)(=O)c2ccc(Cl)cc2)C1)C(=O)O. The molecule has 0 aromatic heterocycles. The third-order valence-corrected chi connectivity index (χ3v) is 6.57. The van der Waals surface area contributed by atoms with Gasteiger partial charge < -0.3 is 10.4 Å². The molecule has 1 fully saturated rings. The molecule has 0 bridgehead atoms. The lowest BCUT2D eigenvalue weighted by atomic mass is 9.97. The summed E-state index contributed by atoms with van der Waals surface area (Å²) in [5.41, 5.74) is 0. The van der Waals surface area contributed by atoms with Crippen LogP contribution < -0.4 is 5.32 Å². The Morgan fingerprint density at radius 3 is 2.42 bits per heavy atom. The van der Waals surface area contributed by atoms with Crippen LogP contribution >= 0.6 is 11.6 Å². The summed E-state index contributed by atoms with van der Waals surface area (Å²) >= 11 is 5.80. The van der Waals surface area contributed by atoms with Gasteiger partial charge in [-0.1, -0.05) is 25.4 Å². The van der Waals surface area contributed by atoms with Crippen molar-refractivity contribution in [3.8, 4) is 0 Å². The normalized spacial score (nSPS) is 19.9. The lowest BCUT2D eigenvalue weighted by molar-refractivity contribution is -0.144. The van der Waals surface area contributed by atoms with E-state index in [1.807, 2.05) is 0 Å². The monoisotopic (exact) mass is 402 g/mol. The molecular formula is C17H23ClN2O5S. The van der Waals surface area contributed by atoms with Crippen molar-refractivity contribution in [2.75, 3.05) is 13.1 Å². The van der Waals surface area contributed by atoms with Crippen molar-refractivity contribution in [2.24, 2.45) is 11.8 Å². The Hall–Kier alpha value is -1.64. The Kier molecular flexibility index (Phi) is 6.65. The predicted molar refractivity (Wildman–Crippen MR) is 97.3 cm³/mol. The van der Waals surface area contributed by atoms with E-state index in [-0.39, 0.29) is 17.4 Å². The first-order valence-corrected chi connectivity index (χ1v) is 10.2. The largest absolute Gasteiger partial charge is 0.480 e. The number of halogens is 1. The summed E-state index contributed by atoms with van der Waals surface area (Å²) in [5, 5.41) is 12.2. The second-order valence-corrected chi connectivity index (χ2v) is 9.10. The summed E-state index contributed by atoms with van der Waals surface area (Å²) in [4.78, 5) is 23.8. The van der Waals surface area contributed by atoms with Gasteiger partial charge >= 0.3 is 5.97 Å². The molecular weight excluding hydrogens is 380 g/mol. The van der Waals surface area contributed by atoms with Crippen LogP contribution in [0.25, 0.3) is 0 Å². The molecule has 26 heavy (non-hydrogen) atoms. The minimum Gasteiger partial charge on any atom is -0.480 e. The minimum atomic E-state index is -3.73. The topological polar surface area (TPSA) is 104 Å². The highest BCUT2D eigenvalue weighted by Crippen LogP contribution is 2.25. The number of aliphatic carboxylic acids is 1. The van der Waals surface area contributed by atoms with E-state index in [1.165, 1.54) is 28.6 Å². The molecule has 2 N–H and O–H groups in total. The Labute approximate surface area is 158 Å². The summed E-state index contributed by atoms with van der Waals surface area (Å²) in [6, 6.07) is 4.87. The number of piperidine rings is 1. The van der Waals surface area contributed by atoms with Crippen molar-refractivity contribution in [3.63, 3.8) is 0 Å². The van der Waals surface area contributed by atoms with Gasteiger partial charge in [-0.2, -0.15) is 4.31 Å². The minimum absolute atomic E-state index is 0.0290. The van der Waals surface area contributed by atoms with Crippen molar-refractivity contribution in [2.45, 2.75) is 37.6 Å². The van der Waals surface area contributed by atoms with Crippen molar-refractivity contribution in [1.29, 1.82) is 0 Å². The maximum atomic E-state index is 12.8. The number of benzene rings is 1. The van der Waals surface area contributed by atoms with Gasteiger partial charge in [-0.3, -0.25) is 4.79 Å². The first kappa shape index (κ1) is 20.7. The van der Waals surface area contributed by atoms with Crippen LogP contribution in [0, 0.1) is 11.8 Å². The van der Waals surface area contributed by atoms with E-state index in [9.17, 15) is 23.1 Å². The van der Waals surface area contributed by atoms with Crippen molar-refractivity contribution in [1.82, 2.24) is 9.62 Å². The average Bonchev–Trinajstić information content (AvgIpc) is 2.59. The zero-order chi connectivity index (χ0) is 19.5. The van der Waals surface area contributed by atoms with E-state index in [1.54, 1.807) is 13.8 Å². The van der Waals surface area contributed by atoms with E-state index in [0.29, 0.717) is 24.4 Å². The van der Waals surface area contributed by atoms with Crippen LogP contribution in [0.1, 0.15) is 26.7 Å². The Bertz CT molecular complexity index is 764. The van der Waals surface area contributed by atoms with Gasteiger partial charge in [-0.25, -0.2) is 13.2 Å². The highest BCUT2D eigenvalue weighted by molar-refractivity contribution is 7.89. The molecule has 2 rings (SSSR count). The van der Waals surface area contributed by atoms with Crippen LogP contribution in [-0.4, -0.2) is 48.8 Å². The molecule has 0 spiro atoms. The molecule has 1 saturated heterocycles. The fraction of sp³-hybridized carbons (Fsp3) is 0.529. The van der Waals surface area contributed by atoms with Crippen LogP contribution in [0.2, 0.25) is 5.02 Å². The Balaban J connectivity index is 2.12. The van der Waals surface area contributed by atoms with Gasteiger partial charge in [-0.05, 0) is 43.0 Å². The van der Waals surface area contributed by atoms with Crippen molar-refractivity contribution < 1.29 is 23.1 Å². The van der Waals surface area contributed by atoms with Crippen molar-refractivity contribution in [3.05, 3.63) is 29.3 Å². The summed E-state index contributed by atoms with van der Waals surface area (Å²) in [7, 11) is -3.73. The number of sulfonamides is 1. The number of carboxylic acid groups (broad SMARTS) is 1. The third kappa shape index (κ3) is 4.75. The predicted octanol–water partition coefficient (Wildman–Crippen LogP) is 1.97. The summed E-state index contributed by atoms with van der Waals surface area (Å²) in [6.07, 6.45) is 1.05. The number of nitrogens with zero attached hydrogens (tertiary/aromatic N) is 1. The zero-order valence-electron chi connectivity index (χ0n) is 14.7. The molecule has 1 aromatic rings. The van der Waals surface area contributed by atoms with Gasteiger partial charge in [0, 0.05) is 18.1 Å². The van der Waals surface area contributed by atoms with E-state index in [4.69, 9.17) is 11.6 Å². The number of carboxylic acids is 1. The third-order valence-electron chi connectivity index (χ3n) is 4.44. The van der Waals surface area contributed by atoms with E-state index >= 15 is 0 Å². The Morgan fingerprint density at radius 2 is 1.88 bits per heavy atom. The number of amides is 1. The van der Waals surface area contributed by atoms with Gasteiger partial charge in [0.05, 0.1) is 10.8 Å². The van der Waals surface area contributed by atoms with Gasteiger partial charge in [-0.15, -0.1) is 0 Å². The number of carbonyl (C=O) groups is 2. The molecule has 0 saturated carbocycles. The molecule has 7 nitrogen and oxygen atoms in total. The van der Waals surface area contributed by atoms with Crippen LogP contribution in [0.15, 0.2) is 29.2 Å². The molecule has 1 aliphatic heterocycles. The zero-order valence-corrected chi connectivity index (χ0v) is 16.3. The van der Waals surface area contributed by atoms with E-state index in [2.05, 4.69) is 5.32 Å². The van der Waals surface area contributed by atoms with Gasteiger partial charge in [0.25, 0.3) is 0 Å². The quantitative estimate of drug-likeness (QED) is 0.757. The molecule has 2 atom stereocenters. The number of hydrogen-bond acceptors (Lipinski definition) is 4. The molecule has 0 aliphatic carbocycles. The molecule has 1 heterocycles. The second-order valence-electron chi connectivity index (χ2n) is 6.72. The molecule has 144 valence electrons. The average molecular weight is 403 g/mol. The maximum Gasteiger partial charge on any atom is 0.326 e.